The molecule has 3 fully saturated rings. The van der Waals surface area contributed by atoms with Crippen LogP contribution in [0.4, 0.5) is 0 Å². The summed E-state index contributed by atoms with van der Waals surface area (Å²) < 4.78 is 5.86. The molecule has 0 saturated heterocycles. The molecule has 0 aromatic heterocycles. The summed E-state index contributed by atoms with van der Waals surface area (Å²) in [6.45, 7) is 4.24. The number of allylic oxidation sites excluding steroid dienone is 1. The van der Waals surface area contributed by atoms with Crippen molar-refractivity contribution in [2.45, 2.75) is 64.9 Å². The van der Waals surface area contributed by atoms with Crippen LogP contribution in [0.15, 0.2) is 48.1 Å². The minimum absolute atomic E-state index is 0.0547. The Morgan fingerprint density at radius 3 is 2.53 bits per heavy atom. The van der Waals surface area contributed by atoms with E-state index in [1.807, 2.05) is 37.3 Å². The molecule has 0 radical (unpaired) electrons. The maximum Gasteiger partial charge on any atom is 0.331 e. The van der Waals surface area contributed by atoms with Crippen LogP contribution in [0.3, 0.4) is 0 Å². The molecule has 182 valence electrons. The SMILES string of the molecule is C[C@@]12CC[C@@H](OC(=O)/C=C/c3ccccc3)[C@](C)(C(=O)O)[C@H]1CC[C@]13C=C(CO)[C@H](CC[C@H]12)C3. The number of fused-ring (bicyclic) bond motifs is 3. The number of carboxylic acid groups (broad SMARTS) is 1. The number of carboxylic acids is 1. The number of carbonyl (C=O) groups is 2. The standard InChI is InChI=1S/C29H36O5/c1-27-14-13-24(34-25(31)11-8-19-6-4-3-5-7-19)28(2,26(32)33)22(27)12-15-29-16-20(9-10-23(27)29)21(17-29)18-30/h3-8,11,17,20,22-24,30H,9-10,12-16,18H2,1-2H3,(H,32,33)/b11-8+/t20-,22+,23+,24-,27-,28-,29+/m1/s1. The second-order valence-corrected chi connectivity index (χ2v) is 11.5. The molecule has 0 heterocycles. The first-order valence-electron chi connectivity index (χ1n) is 12.7. The summed E-state index contributed by atoms with van der Waals surface area (Å²) in [5.41, 5.74) is 0.938. The Labute approximate surface area is 201 Å². The van der Waals surface area contributed by atoms with E-state index in [0.29, 0.717) is 18.3 Å². The molecule has 4 aliphatic rings. The van der Waals surface area contributed by atoms with Crippen LogP contribution in [-0.2, 0) is 14.3 Å². The van der Waals surface area contributed by atoms with Crippen molar-refractivity contribution in [1.82, 2.24) is 0 Å². The van der Waals surface area contributed by atoms with Gasteiger partial charge in [-0.3, -0.25) is 4.79 Å². The van der Waals surface area contributed by atoms with Crippen molar-refractivity contribution < 1.29 is 24.5 Å². The van der Waals surface area contributed by atoms with Crippen molar-refractivity contribution in [3.8, 4) is 0 Å². The minimum atomic E-state index is -1.12. The third-order valence-corrected chi connectivity index (χ3v) is 10.1. The zero-order valence-corrected chi connectivity index (χ0v) is 20.2. The van der Waals surface area contributed by atoms with Crippen molar-refractivity contribution >= 4 is 18.0 Å². The fourth-order valence-electron chi connectivity index (χ4n) is 8.49. The van der Waals surface area contributed by atoms with E-state index < -0.39 is 23.5 Å². The molecule has 1 aromatic carbocycles. The molecular weight excluding hydrogens is 428 g/mol. The van der Waals surface area contributed by atoms with Crippen molar-refractivity contribution in [3.05, 3.63) is 53.6 Å². The van der Waals surface area contributed by atoms with Gasteiger partial charge >= 0.3 is 11.9 Å². The van der Waals surface area contributed by atoms with Gasteiger partial charge in [-0.2, -0.15) is 0 Å². The van der Waals surface area contributed by atoms with Gasteiger partial charge in [0.05, 0.1) is 6.61 Å². The number of hydrogen-bond acceptors (Lipinski definition) is 4. The average Bonchev–Trinajstić information content (AvgIpc) is 3.09. The lowest BCUT2D eigenvalue weighted by Crippen LogP contribution is -2.63. The van der Waals surface area contributed by atoms with E-state index in [-0.39, 0.29) is 23.4 Å². The van der Waals surface area contributed by atoms with E-state index in [9.17, 15) is 19.8 Å². The number of carbonyl (C=O) groups excluding carboxylic acids is 1. The number of aliphatic hydroxyl groups excluding tert-OH is 1. The second-order valence-electron chi connectivity index (χ2n) is 11.5. The summed E-state index contributed by atoms with van der Waals surface area (Å²) >= 11 is 0. The van der Waals surface area contributed by atoms with Crippen molar-refractivity contribution in [2.75, 3.05) is 6.61 Å². The highest BCUT2D eigenvalue weighted by Crippen LogP contribution is 2.71. The molecule has 1 aromatic rings. The van der Waals surface area contributed by atoms with Crippen molar-refractivity contribution in [2.24, 2.45) is 34.0 Å². The Kier molecular flexibility index (Phi) is 5.75. The largest absolute Gasteiger partial charge is 0.481 e. The molecule has 5 heteroatoms. The number of aliphatic carboxylic acids is 1. The van der Waals surface area contributed by atoms with Crippen LogP contribution in [0.25, 0.3) is 6.08 Å². The lowest BCUT2D eigenvalue weighted by Gasteiger charge is -2.64. The number of hydrogen-bond donors (Lipinski definition) is 2. The quantitative estimate of drug-likeness (QED) is 0.353. The van der Waals surface area contributed by atoms with E-state index in [1.54, 1.807) is 6.08 Å². The summed E-state index contributed by atoms with van der Waals surface area (Å²) in [6.07, 6.45) is 11.3. The van der Waals surface area contributed by atoms with Gasteiger partial charge < -0.3 is 14.9 Å². The van der Waals surface area contributed by atoms with Gasteiger partial charge in [0.1, 0.15) is 11.5 Å². The van der Waals surface area contributed by atoms with Gasteiger partial charge in [-0.25, -0.2) is 4.79 Å². The van der Waals surface area contributed by atoms with Crippen LogP contribution in [0.1, 0.15) is 64.4 Å². The molecule has 5 rings (SSSR count). The van der Waals surface area contributed by atoms with E-state index in [1.165, 1.54) is 11.6 Å². The number of aliphatic hydroxyl groups is 1. The summed E-state index contributed by atoms with van der Waals surface area (Å²) in [6, 6.07) is 9.54. The molecule has 0 amide bonds. The van der Waals surface area contributed by atoms with Crippen LogP contribution >= 0.6 is 0 Å². The van der Waals surface area contributed by atoms with Gasteiger partial charge in [0, 0.05) is 6.08 Å². The molecule has 7 atom stereocenters. The predicted molar refractivity (Wildman–Crippen MR) is 130 cm³/mol. The Balaban J connectivity index is 1.40. The molecule has 5 nitrogen and oxygen atoms in total. The van der Waals surface area contributed by atoms with Gasteiger partial charge in [-0.05, 0) is 97.7 Å². The molecule has 2 bridgehead atoms. The monoisotopic (exact) mass is 464 g/mol. The van der Waals surface area contributed by atoms with Crippen LogP contribution in [-0.4, -0.2) is 34.9 Å². The van der Waals surface area contributed by atoms with E-state index in [2.05, 4.69) is 13.0 Å². The predicted octanol–water partition coefficient (Wildman–Crippen LogP) is 5.25. The smallest absolute Gasteiger partial charge is 0.331 e. The van der Waals surface area contributed by atoms with Gasteiger partial charge in [0.2, 0.25) is 0 Å². The third kappa shape index (κ3) is 3.46. The highest BCUT2D eigenvalue weighted by Gasteiger charge is 2.67. The number of benzene rings is 1. The van der Waals surface area contributed by atoms with E-state index in [0.717, 1.165) is 44.1 Å². The van der Waals surface area contributed by atoms with Crippen LogP contribution < -0.4 is 0 Å². The average molecular weight is 465 g/mol. The zero-order valence-electron chi connectivity index (χ0n) is 20.2. The van der Waals surface area contributed by atoms with Crippen LogP contribution in [0, 0.1) is 34.0 Å². The second kappa shape index (κ2) is 8.37. The summed E-state index contributed by atoms with van der Waals surface area (Å²) in [4.78, 5) is 25.5. The first kappa shape index (κ1) is 23.3. The van der Waals surface area contributed by atoms with Gasteiger partial charge in [-0.1, -0.05) is 43.3 Å². The fourth-order valence-corrected chi connectivity index (χ4v) is 8.49. The molecule has 0 unspecified atom stereocenters. The highest BCUT2D eigenvalue weighted by molar-refractivity contribution is 5.87. The van der Waals surface area contributed by atoms with Crippen LogP contribution in [0.5, 0.6) is 0 Å². The van der Waals surface area contributed by atoms with E-state index >= 15 is 0 Å². The van der Waals surface area contributed by atoms with E-state index in [4.69, 9.17) is 4.74 Å². The minimum Gasteiger partial charge on any atom is -0.481 e. The van der Waals surface area contributed by atoms with Gasteiger partial charge in [0.15, 0.2) is 0 Å². The molecule has 34 heavy (non-hydrogen) atoms. The van der Waals surface area contributed by atoms with Crippen molar-refractivity contribution in [1.29, 1.82) is 0 Å². The molecule has 4 aliphatic carbocycles. The first-order valence-corrected chi connectivity index (χ1v) is 12.7. The normalized spacial score (nSPS) is 40.9. The Morgan fingerprint density at radius 1 is 1.06 bits per heavy atom. The fraction of sp³-hybridized carbons (Fsp3) is 0.586. The summed E-state index contributed by atoms with van der Waals surface area (Å²) in [7, 11) is 0. The Morgan fingerprint density at radius 2 is 1.82 bits per heavy atom. The topological polar surface area (TPSA) is 83.8 Å². The van der Waals surface area contributed by atoms with Gasteiger partial charge in [0.25, 0.3) is 0 Å². The Hall–Kier alpha value is -2.40. The first-order chi connectivity index (χ1) is 16.2. The third-order valence-electron chi connectivity index (χ3n) is 10.1. The summed E-state index contributed by atoms with van der Waals surface area (Å²) in [5.74, 6) is -0.505. The summed E-state index contributed by atoms with van der Waals surface area (Å²) in [5, 5.41) is 20.4. The molecular formula is C29H36O5. The van der Waals surface area contributed by atoms with Gasteiger partial charge in [-0.15, -0.1) is 0 Å². The number of esters is 1. The lowest BCUT2D eigenvalue weighted by molar-refractivity contribution is -0.208. The molecule has 2 N–H and O–H groups in total. The molecule has 0 aliphatic heterocycles. The van der Waals surface area contributed by atoms with Crippen LogP contribution in [0.2, 0.25) is 0 Å². The zero-order chi connectivity index (χ0) is 24.1. The maximum absolute atomic E-state index is 12.8. The molecule has 1 spiro atoms. The number of rotatable bonds is 5. The highest BCUT2D eigenvalue weighted by atomic mass is 16.5. The maximum atomic E-state index is 12.8. The molecule has 3 saturated carbocycles. The lowest BCUT2D eigenvalue weighted by atomic mass is 9.40. The number of ether oxygens (including phenoxy) is 1. The van der Waals surface area contributed by atoms with Crippen molar-refractivity contribution in [3.63, 3.8) is 0 Å². The Bertz CT molecular complexity index is 1030.